The molecule has 0 aromatic carbocycles. The van der Waals surface area contributed by atoms with Crippen molar-refractivity contribution >= 4 is 34.6 Å². The van der Waals surface area contributed by atoms with E-state index in [0.29, 0.717) is 16.3 Å². The minimum Gasteiger partial charge on any atom is -0.465 e. The average Bonchev–Trinajstić information content (AvgIpc) is 3.08. The average molecular weight is 295 g/mol. The largest absolute Gasteiger partial charge is 0.465 e. The molecule has 1 amide bonds. The van der Waals surface area contributed by atoms with Crippen LogP contribution in [0.1, 0.15) is 24.2 Å². The Morgan fingerprint density at radius 3 is 2.74 bits per heavy atom. The molecule has 2 heterocycles. The Labute approximate surface area is 119 Å². The molecular weight excluding hydrogens is 282 g/mol. The van der Waals surface area contributed by atoms with Crippen molar-refractivity contribution in [3.05, 3.63) is 44.3 Å². The van der Waals surface area contributed by atoms with Crippen LogP contribution in [0.2, 0.25) is 0 Å². The summed E-state index contributed by atoms with van der Waals surface area (Å²) in [6, 6.07) is 7.27. The van der Waals surface area contributed by atoms with E-state index in [1.54, 1.807) is 23.5 Å². The van der Waals surface area contributed by atoms with Gasteiger partial charge < -0.3 is 10.1 Å². The summed E-state index contributed by atoms with van der Waals surface area (Å²) in [5.74, 6) is -0.570. The van der Waals surface area contributed by atoms with Gasteiger partial charge in [0.2, 0.25) is 0 Å². The molecule has 0 unspecified atom stereocenters. The van der Waals surface area contributed by atoms with E-state index in [9.17, 15) is 9.59 Å². The van der Waals surface area contributed by atoms with Crippen LogP contribution in [0.25, 0.3) is 0 Å². The third kappa shape index (κ3) is 3.65. The van der Waals surface area contributed by atoms with Crippen molar-refractivity contribution in [2.45, 2.75) is 6.42 Å². The number of rotatable bonds is 5. The molecule has 0 radical (unpaired) electrons. The number of hydrogen-bond acceptors (Lipinski definition) is 5. The quantitative estimate of drug-likeness (QED) is 0.863. The van der Waals surface area contributed by atoms with E-state index >= 15 is 0 Å². The molecule has 0 fully saturated rings. The first-order valence-corrected chi connectivity index (χ1v) is 7.39. The van der Waals surface area contributed by atoms with Gasteiger partial charge in [-0.2, -0.15) is 0 Å². The lowest BCUT2D eigenvalue weighted by molar-refractivity contribution is 0.0606. The van der Waals surface area contributed by atoms with E-state index in [1.807, 2.05) is 17.5 Å². The molecule has 1 N–H and O–H groups in total. The molecule has 0 aliphatic heterocycles. The molecule has 0 aliphatic rings. The lowest BCUT2D eigenvalue weighted by Crippen LogP contribution is -2.24. The molecule has 6 heteroatoms. The second-order valence-corrected chi connectivity index (χ2v) is 5.86. The Morgan fingerprint density at radius 2 is 2.05 bits per heavy atom. The third-order valence-electron chi connectivity index (χ3n) is 2.45. The van der Waals surface area contributed by atoms with Crippen LogP contribution in [0.5, 0.6) is 0 Å². The summed E-state index contributed by atoms with van der Waals surface area (Å²) in [4.78, 5) is 25.3. The SMILES string of the molecule is COC(=O)c1ccc(C(=O)NCCc2cccs2)s1. The van der Waals surface area contributed by atoms with Gasteiger partial charge in [0, 0.05) is 11.4 Å². The van der Waals surface area contributed by atoms with Gasteiger partial charge in [-0.25, -0.2) is 4.79 Å². The van der Waals surface area contributed by atoms with Crippen molar-refractivity contribution in [2.75, 3.05) is 13.7 Å². The van der Waals surface area contributed by atoms with E-state index in [1.165, 1.54) is 12.0 Å². The first-order chi connectivity index (χ1) is 9.20. The van der Waals surface area contributed by atoms with Crippen LogP contribution in [0.15, 0.2) is 29.6 Å². The van der Waals surface area contributed by atoms with Gasteiger partial charge in [0.15, 0.2) is 0 Å². The Bertz CT molecular complexity index is 560. The zero-order valence-corrected chi connectivity index (χ0v) is 12.0. The molecule has 0 saturated carbocycles. The Balaban J connectivity index is 1.86. The fourth-order valence-electron chi connectivity index (χ4n) is 1.51. The highest BCUT2D eigenvalue weighted by atomic mass is 32.1. The predicted molar refractivity (Wildman–Crippen MR) is 76.0 cm³/mol. The fourth-order valence-corrected chi connectivity index (χ4v) is 3.06. The van der Waals surface area contributed by atoms with Crippen molar-refractivity contribution in [3.63, 3.8) is 0 Å². The lowest BCUT2D eigenvalue weighted by Gasteiger charge is -2.01. The Kier molecular flexibility index (Phi) is 4.70. The Morgan fingerprint density at radius 1 is 1.26 bits per heavy atom. The normalized spacial score (nSPS) is 10.2. The molecule has 2 rings (SSSR count). The van der Waals surface area contributed by atoms with Crippen LogP contribution in [0.3, 0.4) is 0 Å². The molecule has 0 spiro atoms. The molecule has 2 aromatic rings. The summed E-state index contributed by atoms with van der Waals surface area (Å²) in [5, 5.41) is 4.85. The maximum Gasteiger partial charge on any atom is 0.348 e. The summed E-state index contributed by atoms with van der Waals surface area (Å²) in [5.41, 5.74) is 0. The molecule has 19 heavy (non-hydrogen) atoms. The smallest absolute Gasteiger partial charge is 0.348 e. The van der Waals surface area contributed by atoms with Crippen molar-refractivity contribution in [3.8, 4) is 0 Å². The van der Waals surface area contributed by atoms with Gasteiger partial charge in [0.05, 0.1) is 12.0 Å². The first kappa shape index (κ1) is 13.8. The maximum absolute atomic E-state index is 11.8. The van der Waals surface area contributed by atoms with Crippen LogP contribution in [-0.4, -0.2) is 25.5 Å². The number of methoxy groups -OCH3 is 1. The zero-order valence-electron chi connectivity index (χ0n) is 10.3. The molecule has 2 aromatic heterocycles. The van der Waals surface area contributed by atoms with Gasteiger partial charge in [-0.1, -0.05) is 6.07 Å². The highest BCUT2D eigenvalue weighted by Crippen LogP contribution is 2.17. The highest BCUT2D eigenvalue weighted by Gasteiger charge is 2.13. The van der Waals surface area contributed by atoms with Crippen LogP contribution in [0.4, 0.5) is 0 Å². The standard InChI is InChI=1S/C13H13NO3S2/c1-17-13(16)11-5-4-10(19-11)12(15)14-7-6-9-3-2-8-18-9/h2-5,8H,6-7H2,1H3,(H,14,15). The minimum atomic E-state index is -0.414. The van der Waals surface area contributed by atoms with E-state index in [2.05, 4.69) is 10.1 Å². The third-order valence-corrected chi connectivity index (χ3v) is 4.45. The van der Waals surface area contributed by atoms with Crippen LogP contribution in [-0.2, 0) is 11.2 Å². The van der Waals surface area contributed by atoms with E-state index in [4.69, 9.17) is 0 Å². The van der Waals surface area contributed by atoms with Gasteiger partial charge >= 0.3 is 5.97 Å². The van der Waals surface area contributed by atoms with Crippen molar-refractivity contribution in [1.82, 2.24) is 5.32 Å². The van der Waals surface area contributed by atoms with Crippen LogP contribution < -0.4 is 5.32 Å². The number of carbonyl (C=O) groups is 2. The van der Waals surface area contributed by atoms with E-state index < -0.39 is 5.97 Å². The van der Waals surface area contributed by atoms with E-state index in [-0.39, 0.29) is 5.91 Å². The van der Waals surface area contributed by atoms with Crippen LogP contribution in [0, 0.1) is 0 Å². The molecule has 4 nitrogen and oxygen atoms in total. The van der Waals surface area contributed by atoms with Gasteiger partial charge in [-0.05, 0) is 30.0 Å². The molecule has 0 aliphatic carbocycles. The number of amides is 1. The van der Waals surface area contributed by atoms with Gasteiger partial charge in [0.25, 0.3) is 5.91 Å². The second-order valence-electron chi connectivity index (χ2n) is 3.74. The van der Waals surface area contributed by atoms with Crippen molar-refractivity contribution in [1.29, 1.82) is 0 Å². The summed E-state index contributed by atoms with van der Waals surface area (Å²) < 4.78 is 4.60. The number of carbonyl (C=O) groups excluding carboxylic acids is 2. The first-order valence-electron chi connectivity index (χ1n) is 5.69. The lowest BCUT2D eigenvalue weighted by atomic mass is 10.3. The number of ether oxygens (including phenoxy) is 1. The fraction of sp³-hybridized carbons (Fsp3) is 0.231. The number of nitrogens with one attached hydrogen (secondary N) is 1. The monoisotopic (exact) mass is 295 g/mol. The summed E-state index contributed by atoms with van der Waals surface area (Å²) in [6.45, 7) is 0.588. The number of hydrogen-bond donors (Lipinski definition) is 1. The summed E-state index contributed by atoms with van der Waals surface area (Å²) in [6.07, 6.45) is 0.818. The number of thiophene rings is 2. The highest BCUT2D eigenvalue weighted by molar-refractivity contribution is 7.15. The summed E-state index contributed by atoms with van der Waals surface area (Å²) in [7, 11) is 1.32. The van der Waals surface area contributed by atoms with Crippen LogP contribution >= 0.6 is 22.7 Å². The number of esters is 1. The van der Waals surface area contributed by atoms with E-state index in [0.717, 1.165) is 17.8 Å². The van der Waals surface area contributed by atoms with Gasteiger partial charge in [-0.3, -0.25) is 4.79 Å². The molecular formula is C13H13NO3S2. The molecule has 0 bridgehead atoms. The van der Waals surface area contributed by atoms with Gasteiger partial charge in [-0.15, -0.1) is 22.7 Å². The van der Waals surface area contributed by atoms with Crippen molar-refractivity contribution < 1.29 is 14.3 Å². The minimum absolute atomic E-state index is 0.156. The Hall–Kier alpha value is -1.66. The second kappa shape index (κ2) is 6.49. The van der Waals surface area contributed by atoms with Crippen molar-refractivity contribution in [2.24, 2.45) is 0 Å². The topological polar surface area (TPSA) is 55.4 Å². The van der Waals surface area contributed by atoms with Gasteiger partial charge in [0.1, 0.15) is 4.88 Å². The predicted octanol–water partition coefficient (Wildman–Crippen LogP) is 2.57. The molecule has 0 atom stereocenters. The molecule has 100 valence electrons. The zero-order chi connectivity index (χ0) is 13.7. The maximum atomic E-state index is 11.8. The summed E-state index contributed by atoms with van der Waals surface area (Å²) >= 11 is 2.81. The molecule has 0 saturated heterocycles.